The summed E-state index contributed by atoms with van der Waals surface area (Å²) in [5.74, 6) is 0.577. The molecule has 0 aliphatic heterocycles. The summed E-state index contributed by atoms with van der Waals surface area (Å²) in [5.41, 5.74) is 1.22. The summed E-state index contributed by atoms with van der Waals surface area (Å²) in [4.78, 5) is 24.8. The third-order valence-corrected chi connectivity index (χ3v) is 4.55. The molecule has 0 spiro atoms. The lowest BCUT2D eigenvalue weighted by molar-refractivity contribution is -0.116. The van der Waals surface area contributed by atoms with Crippen LogP contribution in [0.2, 0.25) is 0 Å². The number of carbonyl (C=O) groups is 1. The number of ether oxygens (including phenoxy) is 2. The van der Waals surface area contributed by atoms with E-state index in [1.807, 2.05) is 26.8 Å². The number of carbonyl (C=O) groups excluding carboxylic acids is 1. The first-order chi connectivity index (χ1) is 14.1. The lowest BCUT2D eigenvalue weighted by Crippen LogP contribution is -2.26. The van der Waals surface area contributed by atoms with Gasteiger partial charge in [0.2, 0.25) is 5.91 Å². The van der Waals surface area contributed by atoms with Crippen molar-refractivity contribution in [1.82, 2.24) is 19.5 Å². The molecule has 10 nitrogen and oxygen atoms in total. The molecule has 0 saturated carbocycles. The molecule has 0 radical (unpaired) electrons. The summed E-state index contributed by atoms with van der Waals surface area (Å²) in [6.45, 7) is 5.83. The van der Waals surface area contributed by atoms with Crippen LogP contribution < -0.4 is 20.5 Å². The van der Waals surface area contributed by atoms with E-state index in [2.05, 4.69) is 15.6 Å². The Morgan fingerprint density at radius 2 is 1.87 bits per heavy atom. The average Bonchev–Trinajstić information content (AvgIpc) is 3.24. The van der Waals surface area contributed by atoms with Gasteiger partial charge in [0.1, 0.15) is 12.4 Å². The van der Waals surface area contributed by atoms with E-state index in [-0.39, 0.29) is 17.8 Å². The molecule has 2 heterocycles. The number of amides is 1. The van der Waals surface area contributed by atoms with E-state index in [0.29, 0.717) is 22.9 Å². The highest BCUT2D eigenvalue weighted by Crippen LogP contribution is 2.31. The molecule has 10 heteroatoms. The van der Waals surface area contributed by atoms with Crippen LogP contribution in [-0.4, -0.2) is 39.6 Å². The zero-order valence-corrected chi connectivity index (χ0v) is 17.8. The topological polar surface area (TPSA) is 113 Å². The number of aryl methyl sites for hydroxylation is 1. The van der Waals surface area contributed by atoms with Crippen LogP contribution in [0.15, 0.2) is 33.6 Å². The lowest BCUT2D eigenvalue weighted by Gasteiger charge is -2.13. The Morgan fingerprint density at radius 1 is 1.17 bits per heavy atom. The molecule has 160 valence electrons. The summed E-state index contributed by atoms with van der Waals surface area (Å²) in [6.07, 6.45) is 0. The van der Waals surface area contributed by atoms with Crippen LogP contribution in [0, 0.1) is 0 Å². The Bertz CT molecular complexity index is 1120. The van der Waals surface area contributed by atoms with Gasteiger partial charge < -0.3 is 14.8 Å². The van der Waals surface area contributed by atoms with Crippen molar-refractivity contribution in [1.29, 1.82) is 0 Å². The maximum absolute atomic E-state index is 12.6. The molecule has 1 N–H and O–H groups in total. The first-order valence-electron chi connectivity index (χ1n) is 9.27. The van der Waals surface area contributed by atoms with Crippen molar-refractivity contribution in [3.8, 4) is 22.9 Å². The number of benzene rings is 1. The van der Waals surface area contributed by atoms with Crippen molar-refractivity contribution < 1.29 is 18.8 Å². The molecule has 0 aliphatic carbocycles. The minimum atomic E-state index is -0.740. The van der Waals surface area contributed by atoms with E-state index in [1.54, 1.807) is 29.9 Å². The van der Waals surface area contributed by atoms with Gasteiger partial charge in [0.05, 0.1) is 19.9 Å². The Hall–Kier alpha value is -3.56. The summed E-state index contributed by atoms with van der Waals surface area (Å²) in [5, 5.41) is 11.0. The van der Waals surface area contributed by atoms with E-state index in [9.17, 15) is 9.59 Å². The lowest BCUT2D eigenvalue weighted by atomic mass is 9.92. The minimum absolute atomic E-state index is 0.160. The van der Waals surface area contributed by atoms with Gasteiger partial charge in [-0.2, -0.15) is 5.10 Å². The van der Waals surface area contributed by atoms with E-state index < -0.39 is 11.7 Å². The number of hydrogen-bond acceptors (Lipinski definition) is 7. The molecule has 1 aromatic carbocycles. The third kappa shape index (κ3) is 4.22. The SMILES string of the molecule is COc1ccc(-c2noc(=O)n2CC(=O)Nc2cc(C(C)(C)C)nn2C)cc1OC. The third-order valence-electron chi connectivity index (χ3n) is 4.55. The van der Waals surface area contributed by atoms with Crippen LogP contribution in [-0.2, 0) is 23.8 Å². The number of nitrogens with zero attached hydrogens (tertiary/aromatic N) is 4. The number of methoxy groups -OCH3 is 2. The van der Waals surface area contributed by atoms with Crippen LogP contribution in [0.25, 0.3) is 11.4 Å². The maximum Gasteiger partial charge on any atom is 0.442 e. The Labute approximate surface area is 173 Å². The van der Waals surface area contributed by atoms with Gasteiger partial charge >= 0.3 is 5.76 Å². The van der Waals surface area contributed by atoms with E-state index >= 15 is 0 Å². The van der Waals surface area contributed by atoms with Gasteiger partial charge in [0.25, 0.3) is 0 Å². The first-order valence-corrected chi connectivity index (χ1v) is 9.27. The van der Waals surface area contributed by atoms with E-state index in [0.717, 1.165) is 10.3 Å². The highest BCUT2D eigenvalue weighted by Gasteiger charge is 2.21. The van der Waals surface area contributed by atoms with Crippen molar-refractivity contribution in [3.05, 3.63) is 40.5 Å². The Kier molecular flexibility index (Phi) is 5.68. The second-order valence-corrected chi connectivity index (χ2v) is 7.76. The Balaban J connectivity index is 1.85. The standard InChI is InChI=1S/C20H25N5O5/c1-20(2,3)15-10-16(24(4)22-15)21-17(26)11-25-18(23-30-19(25)27)12-7-8-13(28-5)14(9-12)29-6/h7-10H,11H2,1-6H3,(H,21,26). The monoisotopic (exact) mass is 415 g/mol. The first kappa shape index (κ1) is 21.2. The van der Waals surface area contributed by atoms with Crippen molar-refractivity contribution in [2.75, 3.05) is 19.5 Å². The van der Waals surface area contributed by atoms with Gasteiger partial charge in [0.15, 0.2) is 17.3 Å². The van der Waals surface area contributed by atoms with E-state index in [1.165, 1.54) is 14.2 Å². The van der Waals surface area contributed by atoms with Crippen molar-refractivity contribution in [2.45, 2.75) is 32.7 Å². The van der Waals surface area contributed by atoms with Crippen LogP contribution >= 0.6 is 0 Å². The van der Waals surface area contributed by atoms with Crippen LogP contribution in [0.3, 0.4) is 0 Å². The van der Waals surface area contributed by atoms with Crippen LogP contribution in [0.4, 0.5) is 5.82 Å². The number of aromatic nitrogens is 4. The van der Waals surface area contributed by atoms with Gasteiger partial charge in [0, 0.05) is 24.1 Å². The van der Waals surface area contributed by atoms with Crippen molar-refractivity contribution in [2.24, 2.45) is 7.05 Å². The molecule has 1 amide bonds. The molecule has 3 aromatic rings. The van der Waals surface area contributed by atoms with Gasteiger partial charge in [-0.3, -0.25) is 14.0 Å². The largest absolute Gasteiger partial charge is 0.493 e. The number of hydrogen-bond donors (Lipinski definition) is 1. The fourth-order valence-electron chi connectivity index (χ4n) is 2.87. The van der Waals surface area contributed by atoms with Gasteiger partial charge in [-0.1, -0.05) is 25.9 Å². The fourth-order valence-corrected chi connectivity index (χ4v) is 2.87. The predicted molar refractivity (Wildman–Crippen MR) is 110 cm³/mol. The van der Waals surface area contributed by atoms with Crippen molar-refractivity contribution >= 4 is 11.7 Å². The molecule has 0 aliphatic rings. The van der Waals surface area contributed by atoms with Gasteiger partial charge in [-0.15, -0.1) is 0 Å². The maximum atomic E-state index is 12.6. The smallest absolute Gasteiger partial charge is 0.442 e. The van der Waals surface area contributed by atoms with Gasteiger partial charge in [-0.25, -0.2) is 9.36 Å². The molecular weight excluding hydrogens is 390 g/mol. The quantitative estimate of drug-likeness (QED) is 0.656. The average molecular weight is 415 g/mol. The zero-order valence-electron chi connectivity index (χ0n) is 17.8. The molecule has 2 aromatic heterocycles. The number of anilines is 1. The summed E-state index contributed by atoms with van der Waals surface area (Å²) in [7, 11) is 4.77. The number of rotatable bonds is 6. The molecule has 0 bridgehead atoms. The molecule has 3 rings (SSSR count). The highest BCUT2D eigenvalue weighted by atomic mass is 16.5. The molecule has 0 saturated heterocycles. The fraction of sp³-hybridized carbons (Fsp3) is 0.400. The second-order valence-electron chi connectivity index (χ2n) is 7.76. The predicted octanol–water partition coefficient (Wildman–Crippen LogP) is 2.19. The molecular formula is C20H25N5O5. The molecule has 0 unspecified atom stereocenters. The normalized spacial score (nSPS) is 11.4. The van der Waals surface area contributed by atoms with Crippen LogP contribution in [0.5, 0.6) is 11.5 Å². The number of nitrogens with one attached hydrogen (secondary N) is 1. The summed E-state index contributed by atoms with van der Waals surface area (Å²) >= 11 is 0. The Morgan fingerprint density at radius 3 is 2.47 bits per heavy atom. The molecule has 30 heavy (non-hydrogen) atoms. The van der Waals surface area contributed by atoms with E-state index in [4.69, 9.17) is 14.0 Å². The molecule has 0 atom stereocenters. The molecule has 0 fully saturated rings. The zero-order chi connectivity index (χ0) is 22.1. The van der Waals surface area contributed by atoms with Crippen molar-refractivity contribution in [3.63, 3.8) is 0 Å². The highest BCUT2D eigenvalue weighted by molar-refractivity contribution is 5.90. The minimum Gasteiger partial charge on any atom is -0.493 e. The summed E-state index contributed by atoms with van der Waals surface area (Å²) < 4.78 is 18.0. The second kappa shape index (κ2) is 8.05. The van der Waals surface area contributed by atoms with Crippen LogP contribution in [0.1, 0.15) is 26.5 Å². The van der Waals surface area contributed by atoms with Gasteiger partial charge in [-0.05, 0) is 18.2 Å². The summed E-state index contributed by atoms with van der Waals surface area (Å²) in [6, 6.07) is 6.84.